The predicted octanol–water partition coefficient (Wildman–Crippen LogP) is 2.87. The molecule has 0 spiro atoms. The van der Waals surface area contributed by atoms with Gasteiger partial charge in [0.15, 0.2) is 5.82 Å². The number of carbonyl (C=O) groups is 1. The van der Waals surface area contributed by atoms with Crippen LogP contribution in [0.25, 0.3) is 0 Å². The highest BCUT2D eigenvalue weighted by Crippen LogP contribution is 2.26. The summed E-state index contributed by atoms with van der Waals surface area (Å²) in [6.45, 7) is 0. The normalized spacial score (nSPS) is 10.3. The van der Waals surface area contributed by atoms with Crippen molar-refractivity contribution in [1.82, 2.24) is 0 Å². The molecule has 1 aromatic carbocycles. The lowest BCUT2D eigenvalue weighted by atomic mass is 10.2. The maximum Gasteiger partial charge on any atom is 0.266 e. The summed E-state index contributed by atoms with van der Waals surface area (Å²) in [5, 5.41) is 3.95. The van der Waals surface area contributed by atoms with Gasteiger partial charge in [-0.25, -0.2) is 8.78 Å². The van der Waals surface area contributed by atoms with Crippen LogP contribution in [-0.2, 0) is 0 Å². The number of ether oxygens (including phenoxy) is 1. The van der Waals surface area contributed by atoms with Gasteiger partial charge < -0.3 is 15.8 Å². The lowest BCUT2D eigenvalue weighted by Gasteiger charge is -2.08. The molecule has 100 valence electrons. The number of carbonyl (C=O) groups excluding carboxylic acids is 1. The van der Waals surface area contributed by atoms with Crippen LogP contribution in [-0.4, -0.2) is 13.0 Å². The Morgan fingerprint density at radius 3 is 2.68 bits per heavy atom. The molecule has 1 aromatic heterocycles. The van der Waals surface area contributed by atoms with Gasteiger partial charge in [0.05, 0.1) is 17.7 Å². The lowest BCUT2D eigenvalue weighted by Crippen LogP contribution is -2.13. The van der Waals surface area contributed by atoms with E-state index in [0.29, 0.717) is 16.7 Å². The second kappa shape index (κ2) is 5.23. The molecule has 0 aliphatic rings. The zero-order valence-electron chi connectivity index (χ0n) is 9.87. The number of nitrogens with two attached hydrogens (primary N) is 1. The van der Waals surface area contributed by atoms with Crippen molar-refractivity contribution in [1.29, 1.82) is 0 Å². The molecule has 0 unspecified atom stereocenters. The Bertz CT molecular complexity index is 605. The molecule has 0 saturated carbocycles. The van der Waals surface area contributed by atoms with Crippen molar-refractivity contribution in [3.05, 3.63) is 40.1 Å². The van der Waals surface area contributed by atoms with Crippen LogP contribution >= 0.6 is 11.3 Å². The number of hydrogen-bond acceptors (Lipinski definition) is 4. The van der Waals surface area contributed by atoms with Gasteiger partial charge in [-0.15, -0.1) is 11.3 Å². The van der Waals surface area contributed by atoms with Crippen LogP contribution in [0.15, 0.2) is 23.6 Å². The smallest absolute Gasteiger partial charge is 0.266 e. The molecule has 1 amide bonds. The third kappa shape index (κ3) is 2.82. The Labute approximate surface area is 111 Å². The topological polar surface area (TPSA) is 64.3 Å². The summed E-state index contributed by atoms with van der Waals surface area (Å²) in [5.41, 5.74) is 5.05. The van der Waals surface area contributed by atoms with E-state index in [-0.39, 0.29) is 11.4 Å². The van der Waals surface area contributed by atoms with Crippen molar-refractivity contribution in [3.8, 4) is 5.75 Å². The molecule has 0 radical (unpaired) electrons. The zero-order valence-corrected chi connectivity index (χ0v) is 10.7. The first-order valence-electron chi connectivity index (χ1n) is 5.19. The van der Waals surface area contributed by atoms with Crippen LogP contribution in [0, 0.1) is 11.6 Å². The van der Waals surface area contributed by atoms with Crippen LogP contribution < -0.4 is 15.8 Å². The second-order valence-corrected chi connectivity index (χ2v) is 4.57. The van der Waals surface area contributed by atoms with Crippen LogP contribution in [0.5, 0.6) is 5.75 Å². The Hall–Kier alpha value is -2.15. The molecule has 3 N–H and O–H groups in total. The van der Waals surface area contributed by atoms with E-state index in [1.807, 2.05) is 0 Å². The molecule has 2 aromatic rings. The first-order chi connectivity index (χ1) is 9.01. The summed E-state index contributed by atoms with van der Waals surface area (Å²) in [6, 6.07) is 3.10. The SMILES string of the molecule is COc1csc(C(=O)Nc2c(N)cc(F)cc2F)c1. The summed E-state index contributed by atoms with van der Waals surface area (Å²) in [5.74, 6) is -1.73. The van der Waals surface area contributed by atoms with Crippen molar-refractivity contribution in [2.45, 2.75) is 0 Å². The first-order valence-corrected chi connectivity index (χ1v) is 6.07. The number of thiophene rings is 1. The Morgan fingerprint density at radius 1 is 1.37 bits per heavy atom. The number of rotatable bonds is 3. The van der Waals surface area contributed by atoms with E-state index in [2.05, 4.69) is 5.32 Å². The Morgan fingerprint density at radius 2 is 2.11 bits per heavy atom. The predicted molar refractivity (Wildman–Crippen MR) is 69.6 cm³/mol. The molecule has 0 aliphatic heterocycles. The van der Waals surface area contributed by atoms with Crippen LogP contribution in [0.3, 0.4) is 0 Å². The number of nitrogens with one attached hydrogen (secondary N) is 1. The molecule has 2 rings (SSSR count). The summed E-state index contributed by atoms with van der Waals surface area (Å²) >= 11 is 1.14. The van der Waals surface area contributed by atoms with E-state index in [1.165, 1.54) is 13.2 Å². The zero-order chi connectivity index (χ0) is 14.0. The molecule has 0 saturated heterocycles. The Balaban J connectivity index is 2.24. The number of methoxy groups -OCH3 is 1. The maximum absolute atomic E-state index is 13.5. The minimum atomic E-state index is -0.922. The summed E-state index contributed by atoms with van der Waals surface area (Å²) in [6.07, 6.45) is 0. The second-order valence-electron chi connectivity index (χ2n) is 3.66. The maximum atomic E-state index is 13.5. The number of amides is 1. The van der Waals surface area contributed by atoms with Gasteiger partial charge in [-0.2, -0.15) is 0 Å². The van der Waals surface area contributed by atoms with E-state index in [0.717, 1.165) is 17.4 Å². The van der Waals surface area contributed by atoms with E-state index in [9.17, 15) is 13.6 Å². The van der Waals surface area contributed by atoms with E-state index in [1.54, 1.807) is 5.38 Å². The Kier molecular flexibility index (Phi) is 3.66. The fraction of sp³-hybridized carbons (Fsp3) is 0.0833. The van der Waals surface area contributed by atoms with Gasteiger partial charge in [-0.3, -0.25) is 4.79 Å². The fourth-order valence-corrected chi connectivity index (χ4v) is 2.20. The summed E-state index contributed by atoms with van der Waals surface area (Å²) in [7, 11) is 1.47. The average molecular weight is 284 g/mol. The van der Waals surface area contributed by atoms with Gasteiger partial charge in [-0.1, -0.05) is 0 Å². The molecule has 7 heteroatoms. The third-order valence-corrected chi connectivity index (χ3v) is 3.27. The van der Waals surface area contributed by atoms with Gasteiger partial charge in [-0.05, 0) is 6.07 Å². The van der Waals surface area contributed by atoms with Gasteiger partial charge >= 0.3 is 0 Å². The van der Waals surface area contributed by atoms with Gasteiger partial charge in [0, 0.05) is 17.5 Å². The highest BCUT2D eigenvalue weighted by molar-refractivity contribution is 7.12. The van der Waals surface area contributed by atoms with Gasteiger partial charge in [0.2, 0.25) is 0 Å². The molecular weight excluding hydrogens is 274 g/mol. The molecule has 1 heterocycles. The monoisotopic (exact) mass is 284 g/mol. The summed E-state index contributed by atoms with van der Waals surface area (Å²) in [4.78, 5) is 12.2. The fourth-order valence-electron chi connectivity index (χ4n) is 1.45. The number of nitrogen functional groups attached to an aromatic ring is 1. The molecule has 0 bridgehead atoms. The van der Waals surface area contributed by atoms with Crippen molar-refractivity contribution in [2.24, 2.45) is 0 Å². The minimum absolute atomic E-state index is 0.172. The first kappa shape index (κ1) is 13.3. The molecule has 0 atom stereocenters. The molecule has 4 nitrogen and oxygen atoms in total. The number of halogens is 2. The van der Waals surface area contributed by atoms with Crippen molar-refractivity contribution in [2.75, 3.05) is 18.2 Å². The van der Waals surface area contributed by atoms with Crippen molar-refractivity contribution < 1.29 is 18.3 Å². The largest absolute Gasteiger partial charge is 0.496 e. The number of anilines is 2. The average Bonchev–Trinajstić information content (AvgIpc) is 2.82. The minimum Gasteiger partial charge on any atom is -0.496 e. The van der Waals surface area contributed by atoms with E-state index < -0.39 is 17.5 Å². The molecule has 19 heavy (non-hydrogen) atoms. The van der Waals surface area contributed by atoms with E-state index in [4.69, 9.17) is 10.5 Å². The highest BCUT2D eigenvalue weighted by atomic mass is 32.1. The third-order valence-electron chi connectivity index (χ3n) is 2.36. The van der Waals surface area contributed by atoms with E-state index >= 15 is 0 Å². The molecular formula is C12H10F2N2O2S. The quantitative estimate of drug-likeness (QED) is 0.852. The highest BCUT2D eigenvalue weighted by Gasteiger charge is 2.15. The van der Waals surface area contributed by atoms with Crippen LogP contribution in [0.4, 0.5) is 20.2 Å². The van der Waals surface area contributed by atoms with Crippen molar-refractivity contribution >= 4 is 28.6 Å². The standard InChI is InChI=1S/C12H10F2N2O2S/c1-18-7-4-10(19-5-7)12(17)16-11-8(14)2-6(13)3-9(11)15/h2-5H,15H2,1H3,(H,16,17). The summed E-state index contributed by atoms with van der Waals surface area (Å²) < 4.78 is 31.3. The number of benzene rings is 1. The lowest BCUT2D eigenvalue weighted by molar-refractivity contribution is 0.103. The molecule has 0 fully saturated rings. The van der Waals surface area contributed by atoms with Crippen LogP contribution in [0.1, 0.15) is 9.67 Å². The molecule has 0 aliphatic carbocycles. The van der Waals surface area contributed by atoms with Gasteiger partial charge in [0.25, 0.3) is 5.91 Å². The van der Waals surface area contributed by atoms with Gasteiger partial charge in [0.1, 0.15) is 17.3 Å². The van der Waals surface area contributed by atoms with Crippen LogP contribution in [0.2, 0.25) is 0 Å². The van der Waals surface area contributed by atoms with Crippen molar-refractivity contribution in [3.63, 3.8) is 0 Å². The number of hydrogen-bond donors (Lipinski definition) is 2.